The van der Waals surface area contributed by atoms with Gasteiger partial charge in [0, 0.05) is 41.4 Å². The van der Waals surface area contributed by atoms with Gasteiger partial charge in [-0.25, -0.2) is 4.79 Å². The maximum atomic E-state index is 12.4. The molecule has 24 nitrogen and oxygen atoms in total. The highest BCUT2D eigenvalue weighted by Gasteiger charge is 2.74. The minimum absolute atomic E-state index is 0. The molecule has 7 saturated heterocycles. The van der Waals surface area contributed by atoms with Gasteiger partial charge in [0.05, 0.1) is 70.0 Å². The second kappa shape index (κ2) is 36.4. The van der Waals surface area contributed by atoms with Gasteiger partial charge in [-0.05, 0) is 159 Å². The molecule has 7 heterocycles. The Balaban J connectivity index is 0.00000127. The molecule has 0 amide bonds. The lowest BCUT2D eigenvalue weighted by atomic mass is 9.74. The van der Waals surface area contributed by atoms with E-state index < -0.39 is 92.9 Å². The van der Waals surface area contributed by atoms with Gasteiger partial charge in [-0.3, -0.25) is 47.9 Å². The van der Waals surface area contributed by atoms with Crippen LogP contribution in [0.3, 0.4) is 0 Å². The minimum Gasteiger partial charge on any atom is -0.469 e. The van der Waals surface area contributed by atoms with Crippen molar-refractivity contribution in [1.82, 2.24) is 0 Å². The number of fused-ring (bicyclic) bond motifs is 5. The van der Waals surface area contributed by atoms with E-state index in [4.69, 9.17) is 56.8 Å². The summed E-state index contributed by atoms with van der Waals surface area (Å²) in [6.45, 7) is 30.3. The molecule has 0 aromatic rings. The molecule has 7 saturated carbocycles. The van der Waals surface area contributed by atoms with Gasteiger partial charge in [0.2, 0.25) is 6.10 Å². The average molecular weight is 1510 g/mol. The van der Waals surface area contributed by atoms with E-state index in [0.29, 0.717) is 50.9 Å². The Hall–Kier alpha value is -6.38. The van der Waals surface area contributed by atoms with Crippen molar-refractivity contribution in [3.8, 4) is 6.07 Å². The molecule has 0 radical (unpaired) electrons. The van der Waals surface area contributed by atoms with Crippen LogP contribution in [0.25, 0.3) is 0 Å². The van der Waals surface area contributed by atoms with E-state index in [2.05, 4.69) is 13.0 Å². The number of carbonyl (C=O) groups is 11. The van der Waals surface area contributed by atoms with Gasteiger partial charge in [0.1, 0.15) is 48.8 Å². The van der Waals surface area contributed by atoms with E-state index in [9.17, 15) is 58.0 Å². The van der Waals surface area contributed by atoms with Crippen LogP contribution in [0.2, 0.25) is 0 Å². The maximum absolute atomic E-state index is 12.4. The van der Waals surface area contributed by atoms with Gasteiger partial charge >= 0.3 is 65.7 Å². The monoisotopic (exact) mass is 1510 g/mol. The van der Waals surface area contributed by atoms with E-state index in [-0.39, 0.29) is 218 Å². The van der Waals surface area contributed by atoms with Crippen LogP contribution >= 0.6 is 0 Å². The SMILES string of the molecule is C.C.C.C.C.C.C.C.C.C.CCC(C)(C)C(=O)OC1C(=O)OC2CCCC21.CCC(C)(C)C(=O)OC1C2CC3C(=O)OC1C3O2.CCC(C)(C)C(=O)OC1C2CC3C1OC(=O)C3(C#N)C2.CCC(C)(C)C(=O)OC1C2CC3C1OC(=O)C3C2C.CCC(C)(C)C(=O)OC1C2CC3C1OC(=O)C3C2C(=O)OC. The van der Waals surface area contributed by atoms with Crippen LogP contribution in [-0.2, 0) is 110 Å². The zero-order valence-electron chi connectivity index (χ0n) is 58.9. The van der Waals surface area contributed by atoms with Crippen molar-refractivity contribution in [3.05, 3.63) is 0 Å². The molecular weight excluding hydrogens is 1370 g/mol. The van der Waals surface area contributed by atoms with E-state index in [1.165, 1.54) is 7.11 Å². The Bertz CT molecular complexity index is 3160. The number of hydrogen-bond donors (Lipinski definition) is 0. The van der Waals surface area contributed by atoms with E-state index in [0.717, 1.165) is 38.5 Å². The highest BCUT2D eigenvalue weighted by molar-refractivity contribution is 5.88. The topological polar surface area (TPSA) is 322 Å². The third-order valence-corrected chi connectivity index (χ3v) is 25.3. The quantitative estimate of drug-likeness (QED) is 0.102. The summed E-state index contributed by atoms with van der Waals surface area (Å²) in [7, 11) is 1.31. The van der Waals surface area contributed by atoms with Gasteiger partial charge < -0.3 is 56.8 Å². The molecule has 0 aromatic carbocycles. The summed E-state index contributed by atoms with van der Waals surface area (Å²) >= 11 is 0. The van der Waals surface area contributed by atoms with E-state index >= 15 is 0 Å². The number of methoxy groups -OCH3 is 1. The molecule has 25 unspecified atom stereocenters. The summed E-state index contributed by atoms with van der Waals surface area (Å²) in [5.74, 6) is -3.52. The minimum atomic E-state index is -0.974. The molecule has 14 aliphatic rings. The molecule has 25 atom stereocenters. The van der Waals surface area contributed by atoms with Crippen molar-refractivity contribution >= 4 is 65.7 Å². The Morgan fingerprint density at radius 1 is 0.453 bits per heavy atom. The summed E-state index contributed by atoms with van der Waals surface area (Å²) in [5.41, 5.74) is -3.60. The van der Waals surface area contributed by atoms with Crippen molar-refractivity contribution < 1.29 is 110 Å². The van der Waals surface area contributed by atoms with Crippen LogP contribution in [0.4, 0.5) is 0 Å². The number of nitriles is 1. The average Bonchev–Trinajstić information content (AvgIpc) is 1.55. The van der Waals surface area contributed by atoms with Crippen LogP contribution in [-0.4, -0.2) is 146 Å². The van der Waals surface area contributed by atoms with Gasteiger partial charge in [0.25, 0.3) is 0 Å². The molecule has 8 bridgehead atoms. The first-order chi connectivity index (χ1) is 44.9. The lowest BCUT2D eigenvalue weighted by Gasteiger charge is -2.32. The molecule has 0 aromatic heterocycles. The largest absolute Gasteiger partial charge is 0.469 e. The van der Waals surface area contributed by atoms with Gasteiger partial charge in [-0.2, -0.15) is 5.26 Å². The van der Waals surface area contributed by atoms with E-state index in [1.54, 1.807) is 0 Å². The summed E-state index contributed by atoms with van der Waals surface area (Å²) < 4.78 is 65.2. The molecule has 0 spiro atoms. The van der Waals surface area contributed by atoms with Crippen LogP contribution in [0.1, 0.15) is 269 Å². The molecule has 0 N–H and O–H groups in total. The molecule has 14 fully saturated rings. The van der Waals surface area contributed by atoms with Crippen molar-refractivity contribution in [3.63, 3.8) is 0 Å². The Morgan fingerprint density at radius 3 is 1.35 bits per heavy atom. The van der Waals surface area contributed by atoms with Crippen molar-refractivity contribution in [2.45, 2.75) is 342 Å². The van der Waals surface area contributed by atoms with Crippen LogP contribution in [0, 0.1) is 115 Å². The smallest absolute Gasteiger partial charge is 0.348 e. The second-order valence-corrected chi connectivity index (χ2v) is 32.6. The van der Waals surface area contributed by atoms with Crippen LogP contribution in [0.15, 0.2) is 0 Å². The fraction of sp³-hybridized carbons (Fsp3) is 0.854. The number of hydrogen-bond acceptors (Lipinski definition) is 24. The zero-order chi connectivity index (χ0) is 70.6. The third kappa shape index (κ3) is 17.1. The Morgan fingerprint density at radius 2 is 0.877 bits per heavy atom. The van der Waals surface area contributed by atoms with Gasteiger partial charge in [-0.1, -0.05) is 116 Å². The molecule has 7 aliphatic heterocycles. The predicted molar refractivity (Wildman–Crippen MR) is 400 cm³/mol. The third-order valence-electron chi connectivity index (χ3n) is 25.3. The van der Waals surface area contributed by atoms with Gasteiger partial charge in [-0.15, -0.1) is 0 Å². The number of rotatable bonds is 16. The first-order valence-corrected chi connectivity index (χ1v) is 35.2. The summed E-state index contributed by atoms with van der Waals surface area (Å²) in [4.78, 5) is 132. The lowest BCUT2D eigenvalue weighted by molar-refractivity contribution is -0.173. The zero-order valence-corrected chi connectivity index (χ0v) is 58.9. The number of esters is 11. The highest BCUT2D eigenvalue weighted by Crippen LogP contribution is 2.63. The fourth-order valence-electron chi connectivity index (χ4n) is 16.9. The molecule has 106 heavy (non-hydrogen) atoms. The van der Waals surface area contributed by atoms with Gasteiger partial charge in [0.15, 0.2) is 17.6 Å². The van der Waals surface area contributed by atoms with Crippen molar-refractivity contribution in [2.24, 2.45) is 104 Å². The van der Waals surface area contributed by atoms with Crippen LogP contribution in [0.5, 0.6) is 0 Å². The molecule has 612 valence electrons. The summed E-state index contributed by atoms with van der Waals surface area (Å²) in [5, 5.41) is 9.31. The van der Waals surface area contributed by atoms with Crippen molar-refractivity contribution in [1.29, 1.82) is 5.26 Å². The highest BCUT2D eigenvalue weighted by atomic mass is 16.7. The standard InChI is InChI=1S/C16H22O6.C15H19NO4.C15H22O4.C13H18O5.C13H20O4.10CH4/c1-5-16(2,3)15(19)22-12-7-6-8-10(9(7)13(17)20-4)14(18)21-11(8)12;1-4-14(2,3)12(17)19-10-8-5-9-11(10)20-13(18)15(9,6-8)7-16;1-5-15(3,4)14(17)19-11-8-6-9-10(7(8)2)13(16)18-12(9)11;1-4-13(2,3)12(15)18-9-7-5-6-8(16-7)10(9)17-11(6)14;1-4-13(2,3)12(15)17-10-8-6-5-7-9(8)16-11(10)14;;;;;;;;;;/h7-12H,5-6H2,1-4H3;8-11H,4-6H2,1-3H3;7-12H,5-6H2,1-4H3;6-10H,4-5H2,1-3H3;8-10H,4-7H2,1-3H3;10*1H4. The Labute approximate surface area is 636 Å². The summed E-state index contributed by atoms with van der Waals surface area (Å²) in [6, 6.07) is 2.15. The molecule has 14 rings (SSSR count). The van der Waals surface area contributed by atoms with Crippen LogP contribution < -0.4 is 0 Å². The fourth-order valence-corrected chi connectivity index (χ4v) is 16.9. The molecular formula is C82H141NO23. The first-order valence-electron chi connectivity index (χ1n) is 35.2. The Kier molecular flexibility index (Phi) is 34.2. The van der Waals surface area contributed by atoms with E-state index in [1.807, 2.05) is 104 Å². The second-order valence-electron chi connectivity index (χ2n) is 32.6. The molecule has 7 aliphatic carbocycles. The lowest BCUT2D eigenvalue weighted by Crippen LogP contribution is -2.45. The van der Waals surface area contributed by atoms with Crippen molar-refractivity contribution in [2.75, 3.05) is 7.11 Å². The number of nitrogens with zero attached hydrogens (tertiary/aromatic N) is 1. The predicted octanol–water partition coefficient (Wildman–Crippen LogP) is 14.8. The normalized spacial score (nSPS) is 35.8. The maximum Gasteiger partial charge on any atom is 0.348 e. The number of ether oxygens (including phenoxy) is 12. The molecule has 24 heteroatoms. The number of carbonyl (C=O) groups excluding carboxylic acids is 11. The first kappa shape index (κ1) is 99.6. The summed E-state index contributed by atoms with van der Waals surface area (Å²) in [6.07, 6.45) is 5.83.